The van der Waals surface area contributed by atoms with Gasteiger partial charge in [0.2, 0.25) is 0 Å². The molecule has 1 aliphatic rings. The number of hydrogen-bond acceptors (Lipinski definition) is 2. The van der Waals surface area contributed by atoms with Gasteiger partial charge in [0.15, 0.2) is 0 Å². The fraction of sp³-hybridized carbons (Fsp3) is 0.714. The van der Waals surface area contributed by atoms with E-state index in [4.69, 9.17) is 14.3 Å². The molecule has 4 nitrogen and oxygen atoms in total. The smallest absolute Gasteiger partial charge is 0.303 e. The van der Waals surface area contributed by atoms with Crippen LogP contribution in [0, 0.1) is 5.92 Å². The summed E-state index contributed by atoms with van der Waals surface area (Å²) in [5.74, 6) is -0.0215. The van der Waals surface area contributed by atoms with Gasteiger partial charge in [-0.2, -0.15) is 0 Å². The minimum absolute atomic E-state index is 0.0215. The van der Waals surface area contributed by atoms with E-state index < -0.39 is 13.4 Å². The molecule has 0 saturated heterocycles. The molecule has 0 saturated carbocycles. The molecule has 0 bridgehead atoms. The van der Waals surface area contributed by atoms with Crippen molar-refractivity contribution in [3.05, 3.63) is 23.8 Å². The summed E-state index contributed by atoms with van der Waals surface area (Å²) in [5.41, 5.74) is 0.281. The van der Waals surface area contributed by atoms with Crippen LogP contribution in [0.5, 0.6) is 0 Å². The molecular formula is C14H25O4P. The van der Waals surface area contributed by atoms with E-state index in [1.807, 2.05) is 19.1 Å². The quantitative estimate of drug-likeness (QED) is 0.549. The Balaban J connectivity index is 2.64. The van der Waals surface area contributed by atoms with E-state index in [2.05, 4.69) is 6.92 Å². The van der Waals surface area contributed by atoms with E-state index in [1.54, 1.807) is 13.0 Å². The standard InChI is InChI=1S/C14H25O4P/c1-4-5-6-7-9-13-10-8-11-14(3,12(13)2)18-19(15,16)17/h8,10-12H,4-7,9H2,1-3H3,(H2,15,16,17). The summed E-state index contributed by atoms with van der Waals surface area (Å²) in [6.45, 7) is 5.87. The van der Waals surface area contributed by atoms with Gasteiger partial charge in [0.05, 0.1) is 0 Å². The number of allylic oxidation sites excluding steroid dienone is 2. The minimum Gasteiger partial charge on any atom is -0.303 e. The van der Waals surface area contributed by atoms with Gasteiger partial charge in [-0.15, -0.1) is 0 Å². The van der Waals surface area contributed by atoms with Gasteiger partial charge in [-0.1, -0.05) is 56.9 Å². The number of rotatable bonds is 7. The zero-order valence-electron chi connectivity index (χ0n) is 12.0. The summed E-state index contributed by atoms with van der Waals surface area (Å²) in [5, 5.41) is 0. The van der Waals surface area contributed by atoms with Gasteiger partial charge in [0, 0.05) is 5.92 Å². The fourth-order valence-corrected chi connectivity index (χ4v) is 3.17. The van der Waals surface area contributed by atoms with E-state index in [-0.39, 0.29) is 5.92 Å². The molecule has 2 N–H and O–H groups in total. The Morgan fingerprint density at radius 2 is 2.05 bits per heavy atom. The molecule has 0 fully saturated rings. The van der Waals surface area contributed by atoms with Crippen molar-refractivity contribution in [3.8, 4) is 0 Å². The molecule has 5 heteroatoms. The van der Waals surface area contributed by atoms with Gasteiger partial charge in [0.1, 0.15) is 5.60 Å². The maximum absolute atomic E-state index is 11.1. The van der Waals surface area contributed by atoms with Crippen LogP contribution in [-0.2, 0) is 9.09 Å². The molecule has 0 aromatic heterocycles. The van der Waals surface area contributed by atoms with Crippen LogP contribution in [0.25, 0.3) is 0 Å². The molecular weight excluding hydrogens is 263 g/mol. The molecule has 1 rings (SSSR count). The van der Waals surface area contributed by atoms with E-state index in [0.29, 0.717) is 0 Å². The van der Waals surface area contributed by atoms with Crippen LogP contribution in [0.1, 0.15) is 52.9 Å². The Morgan fingerprint density at radius 3 is 2.63 bits per heavy atom. The van der Waals surface area contributed by atoms with Crippen molar-refractivity contribution in [2.24, 2.45) is 5.92 Å². The average molecular weight is 288 g/mol. The zero-order valence-corrected chi connectivity index (χ0v) is 12.9. The first kappa shape index (κ1) is 16.6. The van der Waals surface area contributed by atoms with Gasteiger partial charge in [0.25, 0.3) is 0 Å². The third kappa shape index (κ3) is 5.23. The highest BCUT2D eigenvalue weighted by Crippen LogP contribution is 2.47. The molecule has 0 aromatic rings. The van der Waals surface area contributed by atoms with Crippen LogP contribution >= 0.6 is 7.82 Å². The molecule has 0 radical (unpaired) electrons. The van der Waals surface area contributed by atoms with Gasteiger partial charge in [-0.05, 0) is 19.8 Å². The molecule has 0 aromatic carbocycles. The Bertz CT molecular complexity index is 396. The molecule has 110 valence electrons. The van der Waals surface area contributed by atoms with Crippen molar-refractivity contribution in [2.75, 3.05) is 0 Å². The summed E-state index contributed by atoms with van der Waals surface area (Å²) in [6, 6.07) is 0. The van der Waals surface area contributed by atoms with Crippen LogP contribution in [0.2, 0.25) is 0 Å². The Hall–Kier alpha value is -0.410. The molecule has 19 heavy (non-hydrogen) atoms. The van der Waals surface area contributed by atoms with Crippen LogP contribution in [-0.4, -0.2) is 15.4 Å². The van der Waals surface area contributed by atoms with Gasteiger partial charge in [-0.3, -0.25) is 4.52 Å². The second-order valence-corrected chi connectivity index (χ2v) is 6.56. The summed E-state index contributed by atoms with van der Waals surface area (Å²) in [7, 11) is -4.48. The number of unbranched alkanes of at least 4 members (excludes halogenated alkanes) is 3. The summed E-state index contributed by atoms with van der Waals surface area (Å²) < 4.78 is 16.1. The van der Waals surface area contributed by atoms with E-state index in [0.717, 1.165) is 12.8 Å². The largest absolute Gasteiger partial charge is 0.470 e. The third-order valence-corrected chi connectivity index (χ3v) is 4.42. The fourth-order valence-electron chi connectivity index (χ4n) is 2.44. The van der Waals surface area contributed by atoms with E-state index >= 15 is 0 Å². The van der Waals surface area contributed by atoms with Crippen LogP contribution in [0.3, 0.4) is 0 Å². The second-order valence-electron chi connectivity index (χ2n) is 5.40. The number of hydrogen-bond donors (Lipinski definition) is 2. The highest BCUT2D eigenvalue weighted by atomic mass is 31.2. The van der Waals surface area contributed by atoms with Crippen molar-refractivity contribution in [1.29, 1.82) is 0 Å². The Labute approximate surface area is 115 Å². The maximum Gasteiger partial charge on any atom is 0.470 e. The minimum atomic E-state index is -4.48. The normalized spacial score (nSPS) is 27.4. The predicted octanol–water partition coefficient (Wildman–Crippen LogP) is 3.96. The maximum atomic E-state index is 11.1. The summed E-state index contributed by atoms with van der Waals surface area (Å²) >= 11 is 0. The Morgan fingerprint density at radius 1 is 1.37 bits per heavy atom. The molecule has 0 aliphatic heterocycles. The first-order valence-corrected chi connectivity index (χ1v) is 8.46. The lowest BCUT2D eigenvalue weighted by molar-refractivity contribution is 0.0547. The van der Waals surface area contributed by atoms with Crippen molar-refractivity contribution in [2.45, 2.75) is 58.5 Å². The predicted molar refractivity (Wildman–Crippen MR) is 76.7 cm³/mol. The number of phosphoric ester groups is 1. The Kier molecular flexibility index (Phi) is 6.00. The van der Waals surface area contributed by atoms with Crippen molar-refractivity contribution in [1.82, 2.24) is 0 Å². The SMILES string of the molecule is CCCCCCC1=CC=CC(C)(OP(=O)(O)O)C1C. The highest BCUT2D eigenvalue weighted by Gasteiger charge is 2.38. The lowest BCUT2D eigenvalue weighted by Crippen LogP contribution is -2.35. The highest BCUT2D eigenvalue weighted by molar-refractivity contribution is 7.46. The second kappa shape index (κ2) is 6.85. The first-order chi connectivity index (χ1) is 8.78. The van der Waals surface area contributed by atoms with E-state index in [9.17, 15) is 4.57 Å². The third-order valence-electron chi connectivity index (χ3n) is 3.79. The van der Waals surface area contributed by atoms with Gasteiger partial charge < -0.3 is 9.79 Å². The lowest BCUT2D eigenvalue weighted by Gasteiger charge is -2.36. The summed E-state index contributed by atoms with van der Waals surface area (Å²) in [4.78, 5) is 18.0. The molecule has 0 spiro atoms. The molecule has 2 atom stereocenters. The van der Waals surface area contributed by atoms with Crippen LogP contribution < -0.4 is 0 Å². The summed E-state index contributed by atoms with van der Waals surface area (Å²) in [6.07, 6.45) is 11.3. The monoisotopic (exact) mass is 288 g/mol. The molecule has 2 unspecified atom stereocenters. The van der Waals surface area contributed by atoms with Crippen LogP contribution in [0.4, 0.5) is 0 Å². The topological polar surface area (TPSA) is 66.8 Å². The van der Waals surface area contributed by atoms with Crippen LogP contribution in [0.15, 0.2) is 23.8 Å². The number of phosphoric acid groups is 1. The van der Waals surface area contributed by atoms with Crippen molar-refractivity contribution < 1.29 is 18.9 Å². The van der Waals surface area contributed by atoms with Gasteiger partial charge >= 0.3 is 7.82 Å². The van der Waals surface area contributed by atoms with E-state index in [1.165, 1.54) is 24.8 Å². The average Bonchev–Trinajstić information content (AvgIpc) is 2.28. The molecule has 1 aliphatic carbocycles. The first-order valence-electron chi connectivity index (χ1n) is 6.93. The zero-order chi connectivity index (χ0) is 14.5. The lowest BCUT2D eigenvalue weighted by atomic mass is 9.79. The van der Waals surface area contributed by atoms with Crippen molar-refractivity contribution in [3.63, 3.8) is 0 Å². The molecule has 0 heterocycles. The van der Waals surface area contributed by atoms with Gasteiger partial charge in [-0.25, -0.2) is 4.57 Å². The molecule has 0 amide bonds. The van der Waals surface area contributed by atoms with Crippen molar-refractivity contribution >= 4 is 7.82 Å².